The van der Waals surface area contributed by atoms with Crippen molar-refractivity contribution in [3.05, 3.63) is 70.8 Å². The van der Waals surface area contributed by atoms with E-state index in [1.54, 1.807) is 0 Å². The van der Waals surface area contributed by atoms with Gasteiger partial charge in [0.15, 0.2) is 5.78 Å². The molecule has 0 saturated carbocycles. The second-order valence-corrected chi connectivity index (χ2v) is 4.66. The van der Waals surface area contributed by atoms with Crippen LogP contribution in [0.3, 0.4) is 0 Å². The fraction of sp³-hybridized carbons (Fsp3) is 0.235. The van der Waals surface area contributed by atoms with E-state index >= 15 is 0 Å². The topological polar surface area (TPSA) is 17.1 Å². The van der Waals surface area contributed by atoms with Crippen LogP contribution in [0.2, 0.25) is 0 Å². The van der Waals surface area contributed by atoms with Gasteiger partial charge in [0.05, 0.1) is 0 Å². The van der Waals surface area contributed by atoms with Crippen LogP contribution >= 0.6 is 0 Å². The van der Waals surface area contributed by atoms with Gasteiger partial charge in [0, 0.05) is 12.0 Å². The predicted molar refractivity (Wildman–Crippen MR) is 75.0 cm³/mol. The first-order chi connectivity index (χ1) is 8.68. The van der Waals surface area contributed by atoms with E-state index < -0.39 is 0 Å². The number of Topliss-reactive ketones (excluding diaryl/α,β-unsaturated/α-hetero) is 1. The number of carbonyl (C=O) groups is 1. The molecule has 1 nitrogen and oxygen atoms in total. The van der Waals surface area contributed by atoms with Crippen LogP contribution in [0.4, 0.5) is 0 Å². The van der Waals surface area contributed by atoms with E-state index in [2.05, 4.69) is 32.0 Å². The molecule has 0 aromatic heterocycles. The molecule has 2 aromatic carbocycles. The molecule has 0 unspecified atom stereocenters. The minimum Gasteiger partial charge on any atom is -0.294 e. The summed E-state index contributed by atoms with van der Waals surface area (Å²) in [4.78, 5) is 12.0. The standard InChI is InChI=1S/C17H18O/c1-13-7-6-8-14(2)16(13)11-12-17(18)15-9-4-3-5-10-15/h3-10H,11-12H2,1-2H3. The smallest absolute Gasteiger partial charge is 0.163 e. The molecule has 0 atom stereocenters. The number of hydrogen-bond acceptors (Lipinski definition) is 1. The molecule has 1 heteroatoms. The lowest BCUT2D eigenvalue weighted by molar-refractivity contribution is 0.0983. The summed E-state index contributed by atoms with van der Waals surface area (Å²) in [5.41, 5.74) is 4.66. The molecule has 0 aliphatic rings. The van der Waals surface area contributed by atoms with Crippen molar-refractivity contribution in [3.63, 3.8) is 0 Å². The Morgan fingerprint density at radius 3 is 2.11 bits per heavy atom. The zero-order chi connectivity index (χ0) is 13.0. The number of ketones is 1. The van der Waals surface area contributed by atoms with Gasteiger partial charge in [-0.05, 0) is 37.0 Å². The minimum atomic E-state index is 0.221. The lowest BCUT2D eigenvalue weighted by Crippen LogP contribution is -2.03. The van der Waals surface area contributed by atoms with Crippen LogP contribution in [0, 0.1) is 13.8 Å². The monoisotopic (exact) mass is 238 g/mol. The molecular formula is C17H18O. The first-order valence-corrected chi connectivity index (χ1v) is 6.32. The van der Waals surface area contributed by atoms with Crippen molar-refractivity contribution < 1.29 is 4.79 Å². The van der Waals surface area contributed by atoms with Crippen molar-refractivity contribution in [1.82, 2.24) is 0 Å². The molecule has 92 valence electrons. The first-order valence-electron chi connectivity index (χ1n) is 6.32. The Labute approximate surface area is 108 Å². The maximum atomic E-state index is 12.0. The predicted octanol–water partition coefficient (Wildman–Crippen LogP) is 4.12. The summed E-state index contributed by atoms with van der Waals surface area (Å²) >= 11 is 0. The first kappa shape index (κ1) is 12.6. The highest BCUT2D eigenvalue weighted by Crippen LogP contribution is 2.16. The fourth-order valence-corrected chi connectivity index (χ4v) is 2.25. The molecule has 0 N–H and O–H groups in total. The molecule has 0 saturated heterocycles. The van der Waals surface area contributed by atoms with Crippen LogP contribution < -0.4 is 0 Å². The molecule has 2 aromatic rings. The quantitative estimate of drug-likeness (QED) is 0.732. The van der Waals surface area contributed by atoms with E-state index in [-0.39, 0.29) is 5.78 Å². The third kappa shape index (κ3) is 2.86. The van der Waals surface area contributed by atoms with Gasteiger partial charge >= 0.3 is 0 Å². The van der Waals surface area contributed by atoms with Gasteiger partial charge in [-0.1, -0.05) is 48.5 Å². The van der Waals surface area contributed by atoms with Crippen LogP contribution in [0.5, 0.6) is 0 Å². The van der Waals surface area contributed by atoms with E-state index in [1.807, 2.05) is 30.3 Å². The summed E-state index contributed by atoms with van der Waals surface area (Å²) in [5, 5.41) is 0. The average Bonchev–Trinajstić information content (AvgIpc) is 2.39. The van der Waals surface area contributed by atoms with Gasteiger partial charge < -0.3 is 0 Å². The van der Waals surface area contributed by atoms with Gasteiger partial charge in [0.1, 0.15) is 0 Å². The van der Waals surface area contributed by atoms with Crippen molar-refractivity contribution in [3.8, 4) is 0 Å². The fourth-order valence-electron chi connectivity index (χ4n) is 2.25. The Hall–Kier alpha value is -1.89. The van der Waals surface area contributed by atoms with Crippen LogP contribution in [-0.2, 0) is 6.42 Å². The van der Waals surface area contributed by atoms with Crippen molar-refractivity contribution in [2.24, 2.45) is 0 Å². The Bertz CT molecular complexity index is 521. The second kappa shape index (κ2) is 5.63. The van der Waals surface area contributed by atoms with Gasteiger partial charge in [-0.15, -0.1) is 0 Å². The van der Waals surface area contributed by atoms with Crippen molar-refractivity contribution in [2.45, 2.75) is 26.7 Å². The second-order valence-electron chi connectivity index (χ2n) is 4.66. The number of hydrogen-bond donors (Lipinski definition) is 0. The Kier molecular flexibility index (Phi) is 3.93. The molecule has 0 spiro atoms. The zero-order valence-corrected chi connectivity index (χ0v) is 10.9. The zero-order valence-electron chi connectivity index (χ0n) is 10.9. The normalized spacial score (nSPS) is 10.3. The van der Waals surface area contributed by atoms with E-state index in [0.29, 0.717) is 6.42 Å². The molecule has 0 fully saturated rings. The minimum absolute atomic E-state index is 0.221. The summed E-state index contributed by atoms with van der Waals surface area (Å²) in [6.07, 6.45) is 1.40. The highest BCUT2D eigenvalue weighted by molar-refractivity contribution is 5.96. The van der Waals surface area contributed by atoms with E-state index in [0.717, 1.165) is 12.0 Å². The third-order valence-electron chi connectivity index (χ3n) is 3.34. The van der Waals surface area contributed by atoms with Gasteiger partial charge in [0.2, 0.25) is 0 Å². The third-order valence-corrected chi connectivity index (χ3v) is 3.34. The molecule has 0 radical (unpaired) electrons. The van der Waals surface area contributed by atoms with Crippen LogP contribution in [0.25, 0.3) is 0 Å². The van der Waals surface area contributed by atoms with Gasteiger partial charge in [-0.25, -0.2) is 0 Å². The van der Waals surface area contributed by atoms with Gasteiger partial charge in [0.25, 0.3) is 0 Å². The van der Waals surface area contributed by atoms with E-state index in [4.69, 9.17) is 0 Å². The molecule has 2 rings (SSSR count). The summed E-state index contributed by atoms with van der Waals surface area (Å²) in [6, 6.07) is 15.8. The number of carbonyl (C=O) groups excluding carboxylic acids is 1. The molecule has 0 aliphatic heterocycles. The van der Waals surface area contributed by atoms with Crippen LogP contribution in [0.15, 0.2) is 48.5 Å². The number of rotatable bonds is 4. The molecule has 18 heavy (non-hydrogen) atoms. The van der Waals surface area contributed by atoms with Crippen molar-refractivity contribution in [2.75, 3.05) is 0 Å². The van der Waals surface area contributed by atoms with Crippen molar-refractivity contribution >= 4 is 5.78 Å². The van der Waals surface area contributed by atoms with Crippen LogP contribution in [0.1, 0.15) is 33.5 Å². The molecule has 0 amide bonds. The molecular weight excluding hydrogens is 220 g/mol. The molecule has 0 aliphatic carbocycles. The Morgan fingerprint density at radius 2 is 1.50 bits per heavy atom. The number of benzene rings is 2. The highest BCUT2D eigenvalue weighted by atomic mass is 16.1. The van der Waals surface area contributed by atoms with Crippen LogP contribution in [-0.4, -0.2) is 5.78 Å². The summed E-state index contributed by atoms with van der Waals surface area (Å²) < 4.78 is 0. The lowest BCUT2D eigenvalue weighted by Gasteiger charge is -2.09. The highest BCUT2D eigenvalue weighted by Gasteiger charge is 2.08. The Morgan fingerprint density at radius 1 is 0.889 bits per heavy atom. The maximum absolute atomic E-state index is 12.0. The summed E-state index contributed by atoms with van der Waals surface area (Å²) in [6.45, 7) is 4.21. The maximum Gasteiger partial charge on any atom is 0.163 e. The number of aryl methyl sites for hydroxylation is 2. The van der Waals surface area contributed by atoms with E-state index in [1.165, 1.54) is 16.7 Å². The summed E-state index contributed by atoms with van der Waals surface area (Å²) in [7, 11) is 0. The Balaban J connectivity index is 2.07. The van der Waals surface area contributed by atoms with E-state index in [9.17, 15) is 4.79 Å². The molecule has 0 heterocycles. The summed E-state index contributed by atoms with van der Waals surface area (Å²) in [5.74, 6) is 0.221. The average molecular weight is 238 g/mol. The lowest BCUT2D eigenvalue weighted by atomic mass is 9.96. The largest absolute Gasteiger partial charge is 0.294 e. The van der Waals surface area contributed by atoms with Gasteiger partial charge in [-0.3, -0.25) is 4.79 Å². The SMILES string of the molecule is Cc1cccc(C)c1CCC(=O)c1ccccc1. The molecule has 0 bridgehead atoms. The van der Waals surface area contributed by atoms with Crippen molar-refractivity contribution in [1.29, 1.82) is 0 Å². The van der Waals surface area contributed by atoms with Gasteiger partial charge in [-0.2, -0.15) is 0 Å².